The minimum Gasteiger partial charge on any atom is -0.497 e. The summed E-state index contributed by atoms with van der Waals surface area (Å²) in [5.74, 6) is 0.681. The van der Waals surface area contributed by atoms with Crippen LogP contribution in [-0.2, 0) is 19.1 Å². The van der Waals surface area contributed by atoms with Crippen molar-refractivity contribution < 1.29 is 49.5 Å². The highest BCUT2D eigenvalue weighted by molar-refractivity contribution is 6.83. The van der Waals surface area contributed by atoms with Crippen molar-refractivity contribution in [3.63, 3.8) is 0 Å². The second-order valence-electron chi connectivity index (χ2n) is 10.6. The largest absolute Gasteiger partial charge is 0.497 e. The van der Waals surface area contributed by atoms with Crippen molar-refractivity contribution in [2.24, 2.45) is 0 Å². The fraction of sp³-hybridized carbons (Fsp3) is 0.414. The van der Waals surface area contributed by atoms with Crippen LogP contribution in [0.1, 0.15) is 32.8 Å². The second kappa shape index (κ2) is 12.0. The van der Waals surface area contributed by atoms with E-state index < -0.39 is 37.5 Å². The molecule has 1 unspecified atom stereocenters. The molecule has 5 nitrogen and oxygen atoms in total. The zero-order valence-corrected chi connectivity index (χ0v) is 24.2. The van der Waals surface area contributed by atoms with E-state index in [4.69, 9.17) is 18.3 Å². The van der Waals surface area contributed by atoms with Crippen LogP contribution in [0, 0.1) is 0 Å². The van der Waals surface area contributed by atoms with E-state index in [1.54, 1.807) is 36.4 Å². The summed E-state index contributed by atoms with van der Waals surface area (Å²) < 4.78 is 105. The Hall–Kier alpha value is -3.09. The summed E-state index contributed by atoms with van der Waals surface area (Å²) in [5, 5.41) is -1.22. The molecule has 41 heavy (non-hydrogen) atoms. The number of carbonyl (C=O) groups is 1. The Labute approximate surface area is 236 Å². The lowest BCUT2D eigenvalue weighted by molar-refractivity contribution is -0.305. The molecule has 0 radical (unpaired) electrons. The predicted octanol–water partition coefficient (Wildman–Crippen LogP) is 6.70. The average molecular weight is 603 g/mol. The Morgan fingerprint density at radius 3 is 1.66 bits per heavy atom. The molecule has 224 valence electrons. The first kappa shape index (κ1) is 32.4. The molecule has 12 heteroatoms. The minimum absolute atomic E-state index is 0.0766. The highest BCUT2D eigenvalue weighted by Crippen LogP contribution is 2.45. The number of benzene rings is 2. The van der Waals surface area contributed by atoms with Gasteiger partial charge in [0.2, 0.25) is 6.10 Å². The van der Waals surface area contributed by atoms with Crippen LogP contribution >= 0.6 is 0 Å². The molecule has 0 spiro atoms. The minimum atomic E-state index is -5.74. The lowest BCUT2D eigenvalue weighted by Crippen LogP contribution is -2.65. The molecule has 0 aliphatic heterocycles. The Bertz CT molecular complexity index is 1220. The third-order valence-corrected chi connectivity index (χ3v) is 11.1. The first-order valence-electron chi connectivity index (χ1n) is 12.6. The fourth-order valence-electron chi connectivity index (χ4n) is 4.65. The van der Waals surface area contributed by atoms with Gasteiger partial charge in [0.25, 0.3) is 0 Å². The number of alkyl halides is 6. The van der Waals surface area contributed by atoms with Gasteiger partial charge in [0.15, 0.2) is 5.78 Å². The van der Waals surface area contributed by atoms with Gasteiger partial charge in [-0.3, -0.25) is 4.79 Å². The highest BCUT2D eigenvalue weighted by atomic mass is 28.4. The molecular formula is C29H32F6O5Si. The third kappa shape index (κ3) is 7.22. The summed E-state index contributed by atoms with van der Waals surface area (Å²) in [4.78, 5) is 11.9. The van der Waals surface area contributed by atoms with Crippen LogP contribution in [0.5, 0.6) is 11.5 Å². The number of hydrogen-bond acceptors (Lipinski definition) is 5. The number of halogens is 6. The van der Waals surface area contributed by atoms with E-state index in [0.717, 1.165) is 5.56 Å². The lowest BCUT2D eigenvalue weighted by Gasteiger charge is -2.44. The van der Waals surface area contributed by atoms with Crippen molar-refractivity contribution in [2.45, 2.75) is 56.1 Å². The molecule has 0 aromatic heterocycles. The van der Waals surface area contributed by atoms with Crippen molar-refractivity contribution in [3.05, 3.63) is 78.4 Å². The monoisotopic (exact) mass is 602 g/mol. The number of methoxy groups -OCH3 is 2. The first-order valence-corrected chi connectivity index (χ1v) is 14.5. The number of hydrogen-bond donors (Lipinski definition) is 0. The summed E-state index contributed by atoms with van der Waals surface area (Å²) in [5.41, 5.74) is -0.204. The van der Waals surface area contributed by atoms with Crippen molar-refractivity contribution in [3.8, 4) is 11.5 Å². The number of ketones is 1. The maximum Gasteiger partial charge on any atom is 0.422 e. The van der Waals surface area contributed by atoms with Gasteiger partial charge in [-0.15, -0.1) is 0 Å². The summed E-state index contributed by atoms with van der Waals surface area (Å²) in [6.07, 6.45) is -9.44. The highest BCUT2D eigenvalue weighted by Gasteiger charge is 2.64. The second-order valence-corrected chi connectivity index (χ2v) is 14.4. The maximum atomic E-state index is 13.8. The summed E-state index contributed by atoms with van der Waals surface area (Å²) >= 11 is 0. The normalized spacial score (nSPS) is 17.0. The van der Waals surface area contributed by atoms with Gasteiger partial charge >= 0.3 is 20.9 Å². The lowest BCUT2D eigenvalue weighted by atomic mass is 9.75. The van der Waals surface area contributed by atoms with Gasteiger partial charge < -0.3 is 18.3 Å². The van der Waals surface area contributed by atoms with E-state index in [9.17, 15) is 31.1 Å². The molecule has 2 aromatic carbocycles. The van der Waals surface area contributed by atoms with Gasteiger partial charge in [0.1, 0.15) is 11.5 Å². The molecule has 1 aliphatic rings. The van der Waals surface area contributed by atoms with Crippen LogP contribution in [0.25, 0.3) is 0 Å². The van der Waals surface area contributed by atoms with Crippen molar-refractivity contribution in [1.29, 1.82) is 0 Å². The Kier molecular flexibility index (Phi) is 9.51. The molecule has 0 heterocycles. The molecule has 0 fully saturated rings. The number of allylic oxidation sites excluding steroid dienone is 4. The van der Waals surface area contributed by atoms with Crippen LogP contribution in [0.15, 0.2) is 72.8 Å². The third-order valence-electron chi connectivity index (χ3n) is 6.87. The molecular weight excluding hydrogens is 570 g/mol. The van der Waals surface area contributed by atoms with Crippen LogP contribution in [0.3, 0.4) is 0 Å². The molecule has 0 saturated heterocycles. The molecule has 0 amide bonds. The molecule has 0 saturated carbocycles. The Morgan fingerprint density at radius 2 is 1.24 bits per heavy atom. The van der Waals surface area contributed by atoms with Gasteiger partial charge in [0, 0.05) is 17.1 Å². The van der Waals surface area contributed by atoms with E-state index in [1.165, 1.54) is 71.4 Å². The van der Waals surface area contributed by atoms with Gasteiger partial charge in [-0.1, -0.05) is 57.2 Å². The summed E-state index contributed by atoms with van der Waals surface area (Å²) in [7, 11) is -1.68. The number of rotatable bonds is 10. The van der Waals surface area contributed by atoms with Gasteiger partial charge in [-0.2, -0.15) is 26.3 Å². The molecule has 0 bridgehead atoms. The maximum absolute atomic E-state index is 13.8. The van der Waals surface area contributed by atoms with Gasteiger partial charge in [0.05, 0.1) is 14.2 Å². The molecule has 0 N–H and O–H groups in total. The van der Waals surface area contributed by atoms with Crippen molar-refractivity contribution >= 4 is 19.5 Å². The Morgan fingerprint density at radius 1 is 0.780 bits per heavy atom. The zero-order valence-electron chi connectivity index (χ0n) is 23.2. The van der Waals surface area contributed by atoms with Crippen LogP contribution in [0.4, 0.5) is 26.3 Å². The molecule has 3 rings (SSSR count). The topological polar surface area (TPSA) is 54.0 Å². The SMILES string of the molecule is COc1ccc(C2(CCO[Si](OC(C(F)(F)F)C(F)(F)F)(c3ccc(OC)cc3)C(C)(C)C)C=CC(=O)C=C2)cc1. The molecule has 2 aromatic rings. The van der Waals surface area contributed by atoms with E-state index in [2.05, 4.69) is 0 Å². The molecule has 1 atom stereocenters. The number of ether oxygens (including phenoxy) is 2. The van der Waals surface area contributed by atoms with Crippen molar-refractivity contribution in [1.82, 2.24) is 0 Å². The summed E-state index contributed by atoms with van der Waals surface area (Å²) in [6.45, 7) is 4.19. The number of carbonyl (C=O) groups excluding carboxylic acids is 1. The van der Waals surface area contributed by atoms with E-state index in [1.807, 2.05) is 0 Å². The van der Waals surface area contributed by atoms with E-state index >= 15 is 0 Å². The fourth-order valence-corrected chi connectivity index (χ4v) is 8.27. The van der Waals surface area contributed by atoms with Gasteiger partial charge in [-0.25, -0.2) is 0 Å². The average Bonchev–Trinajstić information content (AvgIpc) is 2.90. The quantitative estimate of drug-likeness (QED) is 0.224. The smallest absolute Gasteiger partial charge is 0.422 e. The van der Waals surface area contributed by atoms with E-state index in [0.29, 0.717) is 11.5 Å². The van der Waals surface area contributed by atoms with E-state index in [-0.39, 0.29) is 24.0 Å². The van der Waals surface area contributed by atoms with Crippen LogP contribution in [0.2, 0.25) is 5.04 Å². The zero-order chi connectivity index (χ0) is 30.7. The summed E-state index contributed by atoms with van der Waals surface area (Å²) in [6, 6.07) is 12.6. The standard InChI is InChI=1S/C29H32F6O5Si/c1-26(2,3)41(24-12-10-23(38-5)11-13-24,40-25(28(30,31)32)29(33,34)35)39-19-18-27(16-14-21(36)15-17-27)20-6-8-22(37-4)9-7-20/h6-17,25H,18-19H2,1-5H3. The van der Waals surface area contributed by atoms with Crippen molar-refractivity contribution in [2.75, 3.05) is 20.8 Å². The van der Waals surface area contributed by atoms with Crippen LogP contribution in [-0.4, -0.2) is 53.6 Å². The molecule has 1 aliphatic carbocycles. The first-order chi connectivity index (χ1) is 19.0. The van der Waals surface area contributed by atoms with Crippen LogP contribution < -0.4 is 14.7 Å². The predicted molar refractivity (Wildman–Crippen MR) is 144 cm³/mol. The van der Waals surface area contributed by atoms with Gasteiger partial charge in [-0.05, 0) is 53.6 Å². The Balaban J connectivity index is 2.08.